The smallest absolute Gasteiger partial charge is 0.287 e. The van der Waals surface area contributed by atoms with Gasteiger partial charge in [0, 0.05) is 22.7 Å². The maximum absolute atomic E-state index is 12.9. The number of nitrogens with one attached hydrogen (secondary N) is 1. The van der Waals surface area contributed by atoms with Crippen molar-refractivity contribution in [3.63, 3.8) is 0 Å². The van der Waals surface area contributed by atoms with E-state index >= 15 is 0 Å². The van der Waals surface area contributed by atoms with E-state index < -0.39 is 0 Å². The zero-order valence-corrected chi connectivity index (χ0v) is 16.4. The van der Waals surface area contributed by atoms with Gasteiger partial charge in [-0.1, -0.05) is 24.3 Å². The number of hydrogen-bond acceptors (Lipinski definition) is 5. The zero-order chi connectivity index (χ0) is 17.9. The van der Waals surface area contributed by atoms with Gasteiger partial charge in [0.05, 0.1) is 4.21 Å². The molecule has 4 nitrogen and oxygen atoms in total. The Morgan fingerprint density at radius 1 is 1.27 bits per heavy atom. The average Bonchev–Trinajstić information content (AvgIpc) is 3.29. The van der Waals surface area contributed by atoms with Gasteiger partial charge in [-0.3, -0.25) is 4.79 Å². The number of benzene rings is 1. The maximum Gasteiger partial charge on any atom is 0.287 e. The van der Waals surface area contributed by atoms with Gasteiger partial charge in [0.15, 0.2) is 5.76 Å². The molecule has 0 bridgehead atoms. The van der Waals surface area contributed by atoms with E-state index in [0.717, 1.165) is 48.2 Å². The summed E-state index contributed by atoms with van der Waals surface area (Å²) in [6.45, 7) is 2.04. The van der Waals surface area contributed by atoms with Gasteiger partial charge in [-0.2, -0.15) is 0 Å². The number of carbonyl (C=O) groups excluding carboxylic acids is 1. The molecular weight excluding hydrogens is 364 g/mol. The van der Waals surface area contributed by atoms with Crippen LogP contribution < -0.4 is 5.32 Å². The van der Waals surface area contributed by atoms with Crippen molar-refractivity contribution in [2.75, 3.05) is 20.1 Å². The number of nitrogens with zero attached hydrogens (tertiary/aromatic N) is 1. The molecule has 4 rings (SSSR count). The van der Waals surface area contributed by atoms with E-state index in [1.807, 2.05) is 30.3 Å². The summed E-state index contributed by atoms with van der Waals surface area (Å²) in [7, 11) is 2.12. The number of amides is 1. The Kier molecular flexibility index (Phi) is 5.33. The van der Waals surface area contributed by atoms with Crippen LogP contribution in [0.2, 0.25) is 0 Å². The molecule has 1 saturated heterocycles. The van der Waals surface area contributed by atoms with Crippen molar-refractivity contribution in [2.45, 2.75) is 28.8 Å². The Balaban J connectivity index is 1.56. The van der Waals surface area contributed by atoms with E-state index in [-0.39, 0.29) is 11.9 Å². The van der Waals surface area contributed by atoms with E-state index in [4.69, 9.17) is 4.42 Å². The fraction of sp³-hybridized carbons (Fsp3) is 0.350. The number of fused-ring (bicyclic) bond motifs is 1. The third-order valence-electron chi connectivity index (χ3n) is 4.81. The van der Waals surface area contributed by atoms with E-state index in [9.17, 15) is 4.79 Å². The van der Waals surface area contributed by atoms with Gasteiger partial charge in [0.25, 0.3) is 5.91 Å². The molecule has 136 valence electrons. The molecule has 2 aromatic heterocycles. The Labute approximate surface area is 161 Å². The Morgan fingerprint density at radius 3 is 2.85 bits per heavy atom. The summed E-state index contributed by atoms with van der Waals surface area (Å²) >= 11 is 3.47. The fourth-order valence-corrected chi connectivity index (χ4v) is 5.13. The highest BCUT2D eigenvalue weighted by atomic mass is 32.2. The topological polar surface area (TPSA) is 45.5 Å². The summed E-state index contributed by atoms with van der Waals surface area (Å²) in [5.74, 6) is 1.11. The number of likely N-dealkylation sites (tertiary alicyclic amines) is 1. The summed E-state index contributed by atoms with van der Waals surface area (Å²) in [6, 6.07) is 12.3. The number of thioether (sulfide) groups is 1. The van der Waals surface area contributed by atoms with Gasteiger partial charge in [-0.25, -0.2) is 0 Å². The highest BCUT2D eigenvalue weighted by molar-refractivity contribution is 8.00. The van der Waals surface area contributed by atoms with Crippen LogP contribution in [0, 0.1) is 0 Å². The number of carbonyl (C=O) groups is 1. The van der Waals surface area contributed by atoms with Gasteiger partial charge in [-0.05, 0) is 50.5 Å². The summed E-state index contributed by atoms with van der Waals surface area (Å²) in [5.41, 5.74) is 1.77. The second kappa shape index (κ2) is 7.86. The van der Waals surface area contributed by atoms with Gasteiger partial charge < -0.3 is 14.6 Å². The quantitative estimate of drug-likeness (QED) is 0.651. The lowest BCUT2D eigenvalue weighted by Crippen LogP contribution is -2.43. The molecule has 6 heteroatoms. The molecule has 0 unspecified atom stereocenters. The largest absolute Gasteiger partial charge is 0.451 e. The summed E-state index contributed by atoms with van der Waals surface area (Å²) in [4.78, 5) is 15.2. The van der Waals surface area contributed by atoms with Crippen molar-refractivity contribution < 1.29 is 9.21 Å². The van der Waals surface area contributed by atoms with Crippen LogP contribution in [0.25, 0.3) is 11.0 Å². The van der Waals surface area contributed by atoms with Gasteiger partial charge in [-0.15, -0.1) is 23.1 Å². The van der Waals surface area contributed by atoms with Gasteiger partial charge in [0.1, 0.15) is 5.58 Å². The Hall–Kier alpha value is -1.76. The summed E-state index contributed by atoms with van der Waals surface area (Å²) in [5, 5.41) is 6.29. The molecule has 26 heavy (non-hydrogen) atoms. The minimum absolute atomic E-state index is 0.0856. The molecule has 1 aromatic carbocycles. The molecular formula is C20H22N2O2S2. The van der Waals surface area contributed by atoms with Gasteiger partial charge >= 0.3 is 0 Å². The van der Waals surface area contributed by atoms with Gasteiger partial charge in [0.2, 0.25) is 0 Å². The second-order valence-corrected chi connectivity index (χ2v) is 8.90. The third-order valence-corrected chi connectivity index (χ3v) is 6.97. The molecule has 1 N–H and O–H groups in total. The number of rotatable bonds is 5. The van der Waals surface area contributed by atoms with Crippen molar-refractivity contribution in [2.24, 2.45) is 0 Å². The van der Waals surface area contributed by atoms with Crippen molar-refractivity contribution in [1.82, 2.24) is 10.2 Å². The Bertz CT molecular complexity index is 880. The highest BCUT2D eigenvalue weighted by Crippen LogP contribution is 2.33. The lowest BCUT2D eigenvalue weighted by Gasteiger charge is -2.29. The van der Waals surface area contributed by atoms with E-state index in [1.165, 1.54) is 4.21 Å². The number of hydrogen-bond donors (Lipinski definition) is 1. The average molecular weight is 387 g/mol. The molecule has 0 atom stereocenters. The SMILES string of the molecule is CN1CCC(NC(=O)c2oc3ccccc3c2CSc2cccs2)CC1. The maximum atomic E-state index is 12.9. The second-order valence-electron chi connectivity index (χ2n) is 6.68. The predicted molar refractivity (Wildman–Crippen MR) is 108 cm³/mol. The Morgan fingerprint density at radius 2 is 2.08 bits per heavy atom. The first kappa shape index (κ1) is 17.6. The van der Waals surface area contributed by atoms with E-state index in [2.05, 4.69) is 28.7 Å². The van der Waals surface area contributed by atoms with Crippen LogP contribution in [0.1, 0.15) is 29.0 Å². The normalized spacial score (nSPS) is 16.2. The highest BCUT2D eigenvalue weighted by Gasteiger charge is 2.24. The molecule has 3 heterocycles. The molecule has 3 aromatic rings. The molecule has 1 fully saturated rings. The first-order chi connectivity index (χ1) is 12.7. The third kappa shape index (κ3) is 3.82. The lowest BCUT2D eigenvalue weighted by molar-refractivity contribution is 0.0890. The van der Waals surface area contributed by atoms with Crippen molar-refractivity contribution in [3.8, 4) is 0 Å². The molecule has 0 radical (unpaired) electrons. The first-order valence-electron chi connectivity index (χ1n) is 8.87. The van der Waals surface area contributed by atoms with Crippen LogP contribution in [-0.2, 0) is 5.75 Å². The van der Waals surface area contributed by atoms with Crippen LogP contribution in [0.5, 0.6) is 0 Å². The van der Waals surface area contributed by atoms with Crippen molar-refractivity contribution in [1.29, 1.82) is 0 Å². The predicted octanol–water partition coefficient (Wildman–Crippen LogP) is 4.61. The molecule has 1 amide bonds. The van der Waals surface area contributed by atoms with Crippen LogP contribution in [0.3, 0.4) is 0 Å². The number of thiophene rings is 1. The number of para-hydroxylation sites is 1. The van der Waals surface area contributed by atoms with Crippen LogP contribution in [0.4, 0.5) is 0 Å². The summed E-state index contributed by atoms with van der Waals surface area (Å²) < 4.78 is 7.21. The van der Waals surface area contributed by atoms with Crippen molar-refractivity contribution >= 4 is 40.0 Å². The van der Waals surface area contributed by atoms with Crippen LogP contribution in [0.15, 0.2) is 50.4 Å². The number of furan rings is 1. The molecule has 1 aliphatic rings. The lowest BCUT2D eigenvalue weighted by atomic mass is 10.1. The molecule has 0 spiro atoms. The van der Waals surface area contributed by atoms with Crippen LogP contribution >= 0.6 is 23.1 Å². The molecule has 0 aliphatic carbocycles. The minimum Gasteiger partial charge on any atom is -0.451 e. The summed E-state index contributed by atoms with van der Waals surface area (Å²) in [6.07, 6.45) is 1.98. The van der Waals surface area contributed by atoms with Crippen LogP contribution in [-0.4, -0.2) is 37.0 Å². The minimum atomic E-state index is -0.0856. The standard InChI is InChI=1S/C20H22N2O2S2/c1-22-10-8-14(9-11-22)21-20(23)19-16(13-26-18-7-4-12-25-18)15-5-2-3-6-17(15)24-19/h2-7,12,14H,8-11,13H2,1H3,(H,21,23). The van der Waals surface area contributed by atoms with E-state index in [1.54, 1.807) is 23.1 Å². The molecule has 1 aliphatic heterocycles. The monoisotopic (exact) mass is 386 g/mol. The fourth-order valence-electron chi connectivity index (χ4n) is 3.32. The van der Waals surface area contributed by atoms with Crippen molar-refractivity contribution in [3.05, 3.63) is 53.1 Å². The van der Waals surface area contributed by atoms with E-state index in [0.29, 0.717) is 5.76 Å². The molecule has 0 saturated carbocycles. The number of piperidine rings is 1. The zero-order valence-electron chi connectivity index (χ0n) is 14.7. The first-order valence-corrected chi connectivity index (χ1v) is 10.7.